The van der Waals surface area contributed by atoms with Crippen molar-refractivity contribution in [3.8, 4) is 5.75 Å². The average molecular weight is 348 g/mol. The lowest BCUT2D eigenvalue weighted by Crippen LogP contribution is -2.52. The van der Waals surface area contributed by atoms with E-state index in [0.29, 0.717) is 18.8 Å². The Hall–Kier alpha value is -2.68. The zero-order valence-electron chi connectivity index (χ0n) is 13.7. The standard InChI is InChI=1S/C16H20N4O5/c17-8-12-3-1-2-6-18(12)15(21)9-19-13-7-11(20(23)24)4-5-14(13)25-10-16(19)22/h4-5,7,12H,1-3,6,8-10,17H2. The monoisotopic (exact) mass is 348 g/mol. The van der Waals surface area contributed by atoms with Crippen LogP contribution in [0.15, 0.2) is 18.2 Å². The number of benzene rings is 1. The van der Waals surface area contributed by atoms with Crippen LogP contribution in [0.5, 0.6) is 5.75 Å². The van der Waals surface area contributed by atoms with Crippen LogP contribution < -0.4 is 15.4 Å². The number of nitro groups is 1. The van der Waals surface area contributed by atoms with Crippen molar-refractivity contribution < 1.29 is 19.2 Å². The molecule has 0 aliphatic carbocycles. The maximum absolute atomic E-state index is 12.7. The Labute approximate surface area is 144 Å². The van der Waals surface area contributed by atoms with Crippen molar-refractivity contribution in [3.63, 3.8) is 0 Å². The number of piperidine rings is 1. The highest BCUT2D eigenvalue weighted by molar-refractivity contribution is 6.02. The Balaban J connectivity index is 1.84. The summed E-state index contributed by atoms with van der Waals surface area (Å²) in [6.07, 6.45) is 2.78. The maximum atomic E-state index is 12.7. The number of anilines is 1. The molecule has 2 amide bonds. The van der Waals surface area contributed by atoms with Gasteiger partial charge in [-0.3, -0.25) is 24.6 Å². The van der Waals surface area contributed by atoms with Gasteiger partial charge in [0.05, 0.1) is 10.6 Å². The summed E-state index contributed by atoms with van der Waals surface area (Å²) in [6, 6.07) is 3.99. The molecule has 1 atom stereocenters. The fourth-order valence-electron chi connectivity index (χ4n) is 3.28. The van der Waals surface area contributed by atoms with E-state index in [1.807, 2.05) is 0 Å². The van der Waals surface area contributed by atoms with Gasteiger partial charge >= 0.3 is 0 Å². The molecule has 0 bridgehead atoms. The van der Waals surface area contributed by atoms with E-state index in [1.165, 1.54) is 23.1 Å². The molecule has 1 fully saturated rings. The van der Waals surface area contributed by atoms with Crippen LogP contribution in [-0.4, -0.2) is 53.9 Å². The number of nitrogens with zero attached hydrogens (tertiary/aromatic N) is 3. The minimum Gasteiger partial charge on any atom is -0.482 e. The molecule has 2 heterocycles. The largest absolute Gasteiger partial charge is 0.482 e. The molecular weight excluding hydrogens is 328 g/mol. The summed E-state index contributed by atoms with van der Waals surface area (Å²) in [5.74, 6) is -0.252. The van der Waals surface area contributed by atoms with Crippen molar-refractivity contribution in [1.29, 1.82) is 0 Å². The van der Waals surface area contributed by atoms with Gasteiger partial charge in [-0.1, -0.05) is 0 Å². The van der Waals surface area contributed by atoms with Crippen LogP contribution in [0.4, 0.5) is 11.4 Å². The fourth-order valence-corrected chi connectivity index (χ4v) is 3.28. The summed E-state index contributed by atoms with van der Waals surface area (Å²) in [5.41, 5.74) is 5.84. The number of hydrogen-bond donors (Lipinski definition) is 1. The predicted molar refractivity (Wildman–Crippen MR) is 89.4 cm³/mol. The van der Waals surface area contributed by atoms with Crippen LogP contribution in [0.3, 0.4) is 0 Å². The van der Waals surface area contributed by atoms with Crippen molar-refractivity contribution in [1.82, 2.24) is 4.90 Å². The Bertz CT molecular complexity index is 708. The van der Waals surface area contributed by atoms with E-state index in [9.17, 15) is 19.7 Å². The molecule has 3 rings (SSSR count). The number of ether oxygens (including phenoxy) is 1. The maximum Gasteiger partial charge on any atom is 0.271 e. The summed E-state index contributed by atoms with van der Waals surface area (Å²) in [6.45, 7) is 0.622. The number of likely N-dealkylation sites (tertiary alicyclic amines) is 1. The van der Waals surface area contributed by atoms with Crippen LogP contribution in [0, 0.1) is 10.1 Å². The Morgan fingerprint density at radius 1 is 1.40 bits per heavy atom. The molecule has 9 nitrogen and oxygen atoms in total. The van der Waals surface area contributed by atoms with E-state index in [0.717, 1.165) is 19.3 Å². The average Bonchev–Trinajstić information content (AvgIpc) is 2.63. The van der Waals surface area contributed by atoms with Crippen molar-refractivity contribution in [2.75, 3.05) is 31.1 Å². The van der Waals surface area contributed by atoms with E-state index < -0.39 is 10.8 Å². The minimum absolute atomic E-state index is 0.0260. The zero-order valence-corrected chi connectivity index (χ0v) is 13.7. The number of amides is 2. The van der Waals surface area contributed by atoms with E-state index >= 15 is 0 Å². The first kappa shape index (κ1) is 17.2. The van der Waals surface area contributed by atoms with Crippen molar-refractivity contribution in [3.05, 3.63) is 28.3 Å². The van der Waals surface area contributed by atoms with Crippen molar-refractivity contribution in [2.45, 2.75) is 25.3 Å². The van der Waals surface area contributed by atoms with E-state index in [4.69, 9.17) is 10.5 Å². The van der Waals surface area contributed by atoms with Crippen LogP contribution in [0.1, 0.15) is 19.3 Å². The highest BCUT2D eigenvalue weighted by Gasteiger charge is 2.32. The van der Waals surface area contributed by atoms with Crippen LogP contribution in [0.25, 0.3) is 0 Å². The molecule has 0 aromatic heterocycles. The van der Waals surface area contributed by atoms with Gasteiger partial charge in [0.15, 0.2) is 6.61 Å². The van der Waals surface area contributed by atoms with Gasteiger partial charge in [0.2, 0.25) is 5.91 Å². The van der Waals surface area contributed by atoms with Gasteiger partial charge in [-0.15, -0.1) is 0 Å². The summed E-state index contributed by atoms with van der Waals surface area (Å²) >= 11 is 0. The third kappa shape index (κ3) is 3.41. The Kier molecular flexibility index (Phi) is 4.84. The first-order valence-electron chi connectivity index (χ1n) is 8.22. The molecule has 1 aromatic carbocycles. The first-order chi connectivity index (χ1) is 12.0. The molecular formula is C16H20N4O5. The van der Waals surface area contributed by atoms with Crippen molar-refractivity contribution >= 4 is 23.2 Å². The van der Waals surface area contributed by atoms with Gasteiger partial charge in [0.25, 0.3) is 11.6 Å². The number of nitrogens with two attached hydrogens (primary N) is 1. The van der Waals surface area contributed by atoms with Gasteiger partial charge in [-0.05, 0) is 25.3 Å². The van der Waals surface area contributed by atoms with Gasteiger partial charge in [-0.25, -0.2) is 0 Å². The molecule has 25 heavy (non-hydrogen) atoms. The number of non-ortho nitro benzene ring substituents is 1. The molecule has 2 aliphatic rings. The summed E-state index contributed by atoms with van der Waals surface area (Å²) in [5, 5.41) is 11.0. The van der Waals surface area contributed by atoms with Gasteiger partial charge in [0, 0.05) is 31.3 Å². The number of carbonyl (C=O) groups excluding carboxylic acids is 2. The van der Waals surface area contributed by atoms with Crippen molar-refractivity contribution in [2.24, 2.45) is 5.73 Å². The number of carbonyl (C=O) groups is 2. The molecule has 1 unspecified atom stereocenters. The normalized spacial score (nSPS) is 20.0. The molecule has 0 radical (unpaired) electrons. The summed E-state index contributed by atoms with van der Waals surface area (Å²) < 4.78 is 5.31. The van der Waals surface area contributed by atoms with E-state index in [1.54, 1.807) is 4.90 Å². The van der Waals surface area contributed by atoms with Gasteiger partial charge < -0.3 is 15.4 Å². The molecule has 1 aromatic rings. The number of fused-ring (bicyclic) bond motifs is 1. The smallest absolute Gasteiger partial charge is 0.271 e. The fraction of sp³-hybridized carbons (Fsp3) is 0.500. The first-order valence-corrected chi connectivity index (χ1v) is 8.22. The Morgan fingerprint density at radius 3 is 2.92 bits per heavy atom. The number of hydrogen-bond acceptors (Lipinski definition) is 6. The molecule has 0 saturated carbocycles. The quantitative estimate of drug-likeness (QED) is 0.630. The summed E-state index contributed by atoms with van der Waals surface area (Å²) in [7, 11) is 0. The Morgan fingerprint density at radius 2 is 2.20 bits per heavy atom. The van der Waals surface area contributed by atoms with Crippen LogP contribution in [-0.2, 0) is 9.59 Å². The second-order valence-corrected chi connectivity index (χ2v) is 6.15. The lowest BCUT2D eigenvalue weighted by molar-refractivity contribution is -0.384. The topological polar surface area (TPSA) is 119 Å². The lowest BCUT2D eigenvalue weighted by Gasteiger charge is -2.37. The molecule has 134 valence electrons. The zero-order chi connectivity index (χ0) is 18.0. The number of rotatable bonds is 4. The van der Waals surface area contributed by atoms with Gasteiger partial charge in [0.1, 0.15) is 12.3 Å². The third-order valence-electron chi connectivity index (χ3n) is 4.61. The predicted octanol–water partition coefficient (Wildman–Crippen LogP) is 0.660. The molecule has 1 saturated heterocycles. The summed E-state index contributed by atoms with van der Waals surface area (Å²) in [4.78, 5) is 38.4. The lowest BCUT2D eigenvalue weighted by atomic mass is 10.0. The van der Waals surface area contributed by atoms with Gasteiger partial charge in [-0.2, -0.15) is 0 Å². The van der Waals surface area contributed by atoms with E-state index in [-0.39, 0.29) is 36.5 Å². The molecule has 9 heteroatoms. The van der Waals surface area contributed by atoms with E-state index in [2.05, 4.69) is 0 Å². The van der Waals surface area contributed by atoms with Crippen LogP contribution >= 0.6 is 0 Å². The second kappa shape index (κ2) is 7.06. The number of nitro benzene ring substituents is 1. The second-order valence-electron chi connectivity index (χ2n) is 6.15. The third-order valence-corrected chi connectivity index (χ3v) is 4.61. The van der Waals surface area contributed by atoms with Crippen LogP contribution in [0.2, 0.25) is 0 Å². The molecule has 2 N–H and O–H groups in total. The molecule has 0 spiro atoms. The SMILES string of the molecule is NCC1CCCCN1C(=O)CN1C(=O)COc2ccc([N+](=O)[O-])cc21. The highest BCUT2D eigenvalue weighted by Crippen LogP contribution is 2.35. The minimum atomic E-state index is -0.547. The molecule has 2 aliphatic heterocycles. The highest BCUT2D eigenvalue weighted by atomic mass is 16.6.